The first-order valence-electron chi connectivity index (χ1n) is 6.45. The van der Waals surface area contributed by atoms with E-state index in [-0.39, 0.29) is 0 Å². The molecule has 1 fully saturated rings. The van der Waals surface area contributed by atoms with E-state index < -0.39 is 5.97 Å². The minimum Gasteiger partial charge on any atom is -0.478 e. The molecule has 0 radical (unpaired) electrons. The van der Waals surface area contributed by atoms with Crippen molar-refractivity contribution >= 4 is 23.4 Å². The van der Waals surface area contributed by atoms with Gasteiger partial charge in [0.15, 0.2) is 0 Å². The summed E-state index contributed by atoms with van der Waals surface area (Å²) >= 11 is 1.58. The SMILES string of the molecule is CCSc1cccc(NCC2CCC2)c1C(=O)O. The molecule has 0 aromatic heterocycles. The van der Waals surface area contributed by atoms with E-state index >= 15 is 0 Å². The molecule has 2 rings (SSSR count). The molecule has 3 nitrogen and oxygen atoms in total. The number of carbonyl (C=O) groups is 1. The summed E-state index contributed by atoms with van der Waals surface area (Å²) in [4.78, 5) is 12.2. The van der Waals surface area contributed by atoms with Gasteiger partial charge in [-0.05, 0) is 36.6 Å². The lowest BCUT2D eigenvalue weighted by molar-refractivity contribution is 0.0694. The molecule has 0 heterocycles. The summed E-state index contributed by atoms with van der Waals surface area (Å²) in [5, 5.41) is 12.7. The molecule has 1 aliphatic rings. The molecule has 98 valence electrons. The highest BCUT2D eigenvalue weighted by atomic mass is 32.2. The van der Waals surface area contributed by atoms with Crippen molar-refractivity contribution in [3.05, 3.63) is 23.8 Å². The molecule has 0 unspecified atom stereocenters. The topological polar surface area (TPSA) is 49.3 Å². The van der Waals surface area contributed by atoms with Crippen molar-refractivity contribution in [1.82, 2.24) is 0 Å². The van der Waals surface area contributed by atoms with E-state index in [9.17, 15) is 9.90 Å². The Kier molecular flexibility index (Phi) is 4.53. The van der Waals surface area contributed by atoms with E-state index in [4.69, 9.17) is 0 Å². The first-order chi connectivity index (χ1) is 8.72. The second kappa shape index (κ2) is 6.14. The van der Waals surface area contributed by atoms with Crippen molar-refractivity contribution in [2.75, 3.05) is 17.6 Å². The average Bonchev–Trinajstić information content (AvgIpc) is 2.27. The maximum absolute atomic E-state index is 11.4. The third-order valence-electron chi connectivity index (χ3n) is 3.35. The number of anilines is 1. The minimum absolute atomic E-state index is 0.420. The lowest BCUT2D eigenvalue weighted by atomic mass is 9.85. The molecule has 1 aromatic carbocycles. The van der Waals surface area contributed by atoms with E-state index in [1.54, 1.807) is 11.8 Å². The van der Waals surface area contributed by atoms with Crippen LogP contribution in [0, 0.1) is 5.92 Å². The number of carboxylic acids is 1. The van der Waals surface area contributed by atoms with Gasteiger partial charge in [-0.2, -0.15) is 0 Å². The minimum atomic E-state index is -0.845. The van der Waals surface area contributed by atoms with Gasteiger partial charge in [0.05, 0.1) is 5.56 Å². The molecule has 1 saturated carbocycles. The number of aromatic carboxylic acids is 1. The van der Waals surface area contributed by atoms with Gasteiger partial charge < -0.3 is 10.4 Å². The quantitative estimate of drug-likeness (QED) is 0.770. The van der Waals surface area contributed by atoms with E-state index in [1.807, 2.05) is 25.1 Å². The summed E-state index contributed by atoms with van der Waals surface area (Å²) in [6, 6.07) is 5.67. The van der Waals surface area contributed by atoms with Crippen molar-refractivity contribution in [3.8, 4) is 0 Å². The standard InChI is InChI=1S/C14H19NO2S/c1-2-18-12-8-4-7-11(13(12)14(16)17)15-9-10-5-3-6-10/h4,7-8,10,15H,2-3,5-6,9H2,1H3,(H,16,17). The molecule has 0 saturated heterocycles. The van der Waals surface area contributed by atoms with Gasteiger partial charge >= 0.3 is 5.97 Å². The third kappa shape index (κ3) is 2.99. The fourth-order valence-electron chi connectivity index (χ4n) is 2.13. The zero-order chi connectivity index (χ0) is 13.0. The van der Waals surface area contributed by atoms with Crippen LogP contribution in [0.5, 0.6) is 0 Å². The maximum atomic E-state index is 11.4. The molecule has 1 aromatic rings. The van der Waals surface area contributed by atoms with E-state index in [0.717, 1.165) is 22.9 Å². The number of thioether (sulfide) groups is 1. The number of hydrogen-bond donors (Lipinski definition) is 2. The van der Waals surface area contributed by atoms with Gasteiger partial charge in [-0.3, -0.25) is 0 Å². The summed E-state index contributed by atoms with van der Waals surface area (Å²) in [5.41, 5.74) is 1.18. The van der Waals surface area contributed by atoms with Gasteiger partial charge in [0.2, 0.25) is 0 Å². The van der Waals surface area contributed by atoms with Crippen molar-refractivity contribution in [2.24, 2.45) is 5.92 Å². The van der Waals surface area contributed by atoms with Gasteiger partial charge in [0.1, 0.15) is 0 Å². The monoisotopic (exact) mass is 265 g/mol. The van der Waals surface area contributed by atoms with Crippen LogP contribution in [0.15, 0.2) is 23.1 Å². The average molecular weight is 265 g/mol. The molecular weight excluding hydrogens is 246 g/mol. The predicted molar refractivity (Wildman–Crippen MR) is 75.6 cm³/mol. The summed E-state index contributed by atoms with van der Waals surface area (Å²) in [6.07, 6.45) is 3.83. The van der Waals surface area contributed by atoms with Crippen LogP contribution in [0.3, 0.4) is 0 Å². The highest BCUT2D eigenvalue weighted by Gasteiger charge is 2.19. The zero-order valence-corrected chi connectivity index (χ0v) is 11.4. The van der Waals surface area contributed by atoms with Crippen molar-refractivity contribution in [3.63, 3.8) is 0 Å². The van der Waals surface area contributed by atoms with Crippen LogP contribution in [0.25, 0.3) is 0 Å². The van der Waals surface area contributed by atoms with Crippen LogP contribution >= 0.6 is 11.8 Å². The smallest absolute Gasteiger partial charge is 0.338 e. The molecule has 1 aliphatic carbocycles. The van der Waals surface area contributed by atoms with Crippen molar-refractivity contribution in [2.45, 2.75) is 31.1 Å². The lowest BCUT2D eigenvalue weighted by Crippen LogP contribution is -2.22. The van der Waals surface area contributed by atoms with Crippen molar-refractivity contribution < 1.29 is 9.90 Å². The van der Waals surface area contributed by atoms with Crippen LogP contribution < -0.4 is 5.32 Å². The predicted octanol–water partition coefficient (Wildman–Crippen LogP) is 3.71. The van der Waals surface area contributed by atoms with Gasteiger partial charge in [-0.15, -0.1) is 11.8 Å². The Morgan fingerprint density at radius 1 is 1.50 bits per heavy atom. The number of carboxylic acid groups (broad SMARTS) is 1. The number of rotatable bonds is 6. The normalized spacial score (nSPS) is 15.2. The summed E-state index contributed by atoms with van der Waals surface area (Å²) in [7, 11) is 0. The fourth-order valence-corrected chi connectivity index (χ4v) is 2.95. The van der Waals surface area contributed by atoms with E-state index in [2.05, 4.69) is 5.32 Å². The molecule has 2 N–H and O–H groups in total. The van der Waals surface area contributed by atoms with Crippen molar-refractivity contribution in [1.29, 1.82) is 0 Å². The van der Waals surface area contributed by atoms with Crippen LogP contribution in [0.1, 0.15) is 36.5 Å². The second-order valence-corrected chi connectivity index (χ2v) is 5.90. The Bertz CT molecular complexity index is 430. The molecule has 0 amide bonds. The zero-order valence-electron chi connectivity index (χ0n) is 10.6. The number of benzene rings is 1. The number of hydrogen-bond acceptors (Lipinski definition) is 3. The Labute approximate surface area is 112 Å². The Morgan fingerprint density at radius 2 is 2.28 bits per heavy atom. The Balaban J connectivity index is 2.15. The highest BCUT2D eigenvalue weighted by Crippen LogP contribution is 2.31. The Morgan fingerprint density at radius 3 is 2.83 bits per heavy atom. The molecule has 4 heteroatoms. The molecular formula is C14H19NO2S. The lowest BCUT2D eigenvalue weighted by Gasteiger charge is -2.26. The molecule has 0 bridgehead atoms. The second-order valence-electron chi connectivity index (χ2n) is 4.59. The maximum Gasteiger partial charge on any atom is 0.338 e. The first kappa shape index (κ1) is 13.3. The summed E-state index contributed by atoms with van der Waals surface area (Å²) in [6.45, 7) is 2.92. The molecule has 0 aliphatic heterocycles. The third-order valence-corrected chi connectivity index (χ3v) is 4.29. The highest BCUT2D eigenvalue weighted by molar-refractivity contribution is 7.99. The molecule has 0 spiro atoms. The van der Waals surface area contributed by atoms with Gasteiger partial charge in [-0.1, -0.05) is 19.4 Å². The van der Waals surface area contributed by atoms with Crippen LogP contribution in [-0.4, -0.2) is 23.4 Å². The van der Waals surface area contributed by atoms with Crippen LogP contribution in [0.2, 0.25) is 0 Å². The largest absolute Gasteiger partial charge is 0.478 e. The first-order valence-corrected chi connectivity index (χ1v) is 7.44. The van der Waals surface area contributed by atoms with Gasteiger partial charge in [-0.25, -0.2) is 4.79 Å². The van der Waals surface area contributed by atoms with Gasteiger partial charge in [0, 0.05) is 17.1 Å². The van der Waals surface area contributed by atoms with Crippen LogP contribution in [-0.2, 0) is 0 Å². The Hall–Kier alpha value is -1.16. The van der Waals surface area contributed by atoms with E-state index in [1.165, 1.54) is 19.3 Å². The van der Waals surface area contributed by atoms with Crippen LogP contribution in [0.4, 0.5) is 5.69 Å². The van der Waals surface area contributed by atoms with Gasteiger partial charge in [0.25, 0.3) is 0 Å². The summed E-state index contributed by atoms with van der Waals surface area (Å²) in [5.74, 6) is 0.753. The van der Waals surface area contributed by atoms with E-state index in [0.29, 0.717) is 11.5 Å². The number of nitrogens with one attached hydrogen (secondary N) is 1. The molecule has 0 atom stereocenters. The summed E-state index contributed by atoms with van der Waals surface area (Å²) < 4.78 is 0. The molecule has 18 heavy (non-hydrogen) atoms. The fraction of sp³-hybridized carbons (Fsp3) is 0.500.